The molecule has 0 saturated carbocycles. The van der Waals surface area contributed by atoms with E-state index in [1.54, 1.807) is 11.8 Å². The van der Waals surface area contributed by atoms with Gasteiger partial charge in [0.2, 0.25) is 5.91 Å². The molecule has 80 valence electrons. The zero-order valence-electron chi connectivity index (χ0n) is 9.66. The molecule has 0 aliphatic carbocycles. The highest BCUT2D eigenvalue weighted by atomic mass is 16.2. The summed E-state index contributed by atoms with van der Waals surface area (Å²) in [5.74, 6) is 0.910. The van der Waals surface area contributed by atoms with E-state index in [0.717, 1.165) is 18.1 Å². The van der Waals surface area contributed by atoms with E-state index in [0.29, 0.717) is 0 Å². The fourth-order valence-electron chi connectivity index (χ4n) is 2.09. The van der Waals surface area contributed by atoms with Gasteiger partial charge < -0.3 is 0 Å². The van der Waals surface area contributed by atoms with Crippen LogP contribution in [0.25, 0.3) is 0 Å². The fraction of sp³-hybridized carbons (Fsp3) is 0.500. The van der Waals surface area contributed by atoms with Gasteiger partial charge in [0.25, 0.3) is 0 Å². The SMILES string of the molecule is CC(=O)N1CC(C)(C)c2ccc(C)nc21. The summed E-state index contributed by atoms with van der Waals surface area (Å²) in [6.45, 7) is 8.56. The molecule has 1 aromatic rings. The zero-order valence-corrected chi connectivity index (χ0v) is 9.66. The molecule has 3 nitrogen and oxygen atoms in total. The molecular formula is C12H16N2O. The lowest BCUT2D eigenvalue weighted by Crippen LogP contribution is -2.32. The number of amides is 1. The molecule has 0 aromatic carbocycles. The predicted octanol–water partition coefficient (Wildman–Crippen LogP) is 2.03. The summed E-state index contributed by atoms with van der Waals surface area (Å²) in [4.78, 5) is 17.7. The molecule has 15 heavy (non-hydrogen) atoms. The minimum Gasteiger partial charge on any atom is -0.296 e. The van der Waals surface area contributed by atoms with Gasteiger partial charge in [-0.3, -0.25) is 9.69 Å². The zero-order chi connectivity index (χ0) is 11.2. The number of aromatic nitrogens is 1. The first-order valence-corrected chi connectivity index (χ1v) is 5.18. The van der Waals surface area contributed by atoms with E-state index in [4.69, 9.17) is 0 Å². The van der Waals surface area contributed by atoms with Crippen LogP contribution in [0.5, 0.6) is 0 Å². The number of pyridine rings is 1. The van der Waals surface area contributed by atoms with Gasteiger partial charge in [0.05, 0.1) is 0 Å². The number of carbonyl (C=O) groups excluding carboxylic acids is 1. The maximum absolute atomic E-state index is 11.5. The van der Waals surface area contributed by atoms with Crippen molar-refractivity contribution in [3.63, 3.8) is 0 Å². The molecule has 0 unspecified atom stereocenters. The normalized spacial score (nSPS) is 17.7. The van der Waals surface area contributed by atoms with E-state index >= 15 is 0 Å². The standard InChI is InChI=1S/C12H16N2O/c1-8-5-6-10-11(13-8)14(9(2)15)7-12(10,3)4/h5-6H,7H2,1-4H3. The first kappa shape index (κ1) is 10.1. The number of carbonyl (C=O) groups is 1. The van der Waals surface area contributed by atoms with Crippen molar-refractivity contribution in [3.8, 4) is 0 Å². The second-order valence-corrected chi connectivity index (χ2v) is 4.81. The van der Waals surface area contributed by atoms with Crippen LogP contribution in [0.15, 0.2) is 12.1 Å². The molecule has 0 radical (unpaired) electrons. The lowest BCUT2D eigenvalue weighted by Gasteiger charge is -2.18. The number of hydrogen-bond acceptors (Lipinski definition) is 2. The molecule has 0 spiro atoms. The highest BCUT2D eigenvalue weighted by Crippen LogP contribution is 2.38. The molecular weight excluding hydrogens is 188 g/mol. The highest BCUT2D eigenvalue weighted by molar-refractivity contribution is 5.93. The highest BCUT2D eigenvalue weighted by Gasteiger charge is 2.37. The number of aryl methyl sites for hydroxylation is 1. The van der Waals surface area contributed by atoms with Crippen molar-refractivity contribution in [2.45, 2.75) is 33.1 Å². The molecule has 0 bridgehead atoms. The van der Waals surface area contributed by atoms with Gasteiger partial charge in [0, 0.05) is 30.1 Å². The average Bonchev–Trinajstić information content (AvgIpc) is 2.38. The maximum atomic E-state index is 11.5. The van der Waals surface area contributed by atoms with E-state index in [1.807, 2.05) is 13.0 Å². The van der Waals surface area contributed by atoms with Gasteiger partial charge >= 0.3 is 0 Å². The summed E-state index contributed by atoms with van der Waals surface area (Å²) >= 11 is 0. The molecule has 2 heterocycles. The van der Waals surface area contributed by atoms with Gasteiger partial charge in [-0.1, -0.05) is 19.9 Å². The van der Waals surface area contributed by atoms with Crippen LogP contribution in [0.2, 0.25) is 0 Å². The van der Waals surface area contributed by atoms with Gasteiger partial charge in [-0.15, -0.1) is 0 Å². The van der Waals surface area contributed by atoms with Crippen molar-refractivity contribution in [1.82, 2.24) is 4.98 Å². The third-order valence-electron chi connectivity index (χ3n) is 2.93. The maximum Gasteiger partial charge on any atom is 0.225 e. The van der Waals surface area contributed by atoms with Crippen molar-refractivity contribution >= 4 is 11.7 Å². The number of nitrogens with zero attached hydrogens (tertiary/aromatic N) is 2. The summed E-state index contributed by atoms with van der Waals surface area (Å²) in [6.07, 6.45) is 0. The summed E-state index contributed by atoms with van der Waals surface area (Å²) in [5, 5.41) is 0. The molecule has 2 rings (SSSR count). The molecule has 1 amide bonds. The molecule has 0 atom stereocenters. The monoisotopic (exact) mass is 204 g/mol. The van der Waals surface area contributed by atoms with Crippen molar-refractivity contribution in [2.75, 3.05) is 11.4 Å². The first-order valence-electron chi connectivity index (χ1n) is 5.18. The van der Waals surface area contributed by atoms with Gasteiger partial charge in [-0.25, -0.2) is 4.98 Å². The van der Waals surface area contributed by atoms with Gasteiger partial charge in [-0.05, 0) is 13.0 Å². The number of hydrogen-bond donors (Lipinski definition) is 0. The van der Waals surface area contributed by atoms with E-state index < -0.39 is 0 Å². The van der Waals surface area contributed by atoms with Gasteiger partial charge in [-0.2, -0.15) is 0 Å². The van der Waals surface area contributed by atoms with Crippen LogP contribution in [0.1, 0.15) is 32.0 Å². The number of fused-ring (bicyclic) bond motifs is 1. The second kappa shape index (κ2) is 3.05. The van der Waals surface area contributed by atoms with Crippen molar-refractivity contribution in [2.24, 2.45) is 0 Å². The topological polar surface area (TPSA) is 33.2 Å². The fourth-order valence-corrected chi connectivity index (χ4v) is 2.09. The van der Waals surface area contributed by atoms with Crippen LogP contribution in [0.4, 0.5) is 5.82 Å². The van der Waals surface area contributed by atoms with Crippen LogP contribution in [0.3, 0.4) is 0 Å². The predicted molar refractivity (Wildman–Crippen MR) is 60.0 cm³/mol. The van der Waals surface area contributed by atoms with E-state index in [9.17, 15) is 4.79 Å². The Kier molecular flexibility index (Phi) is 2.07. The lowest BCUT2D eigenvalue weighted by molar-refractivity contribution is -0.116. The Morgan fingerprint density at radius 1 is 1.47 bits per heavy atom. The Morgan fingerprint density at radius 3 is 2.73 bits per heavy atom. The molecule has 1 aromatic heterocycles. The van der Waals surface area contributed by atoms with Crippen molar-refractivity contribution in [3.05, 3.63) is 23.4 Å². The molecule has 0 saturated heterocycles. The quantitative estimate of drug-likeness (QED) is 0.648. The largest absolute Gasteiger partial charge is 0.296 e. The van der Waals surface area contributed by atoms with Crippen molar-refractivity contribution < 1.29 is 4.79 Å². The molecule has 1 aliphatic rings. The Morgan fingerprint density at radius 2 is 2.13 bits per heavy atom. The summed E-state index contributed by atoms with van der Waals surface area (Å²) in [7, 11) is 0. The molecule has 1 aliphatic heterocycles. The Bertz CT molecular complexity index is 424. The van der Waals surface area contributed by atoms with E-state index in [-0.39, 0.29) is 11.3 Å². The second-order valence-electron chi connectivity index (χ2n) is 4.81. The minimum atomic E-state index is 0.0156. The third kappa shape index (κ3) is 1.52. The smallest absolute Gasteiger partial charge is 0.225 e. The van der Waals surface area contributed by atoms with Crippen LogP contribution in [-0.4, -0.2) is 17.4 Å². The lowest BCUT2D eigenvalue weighted by atomic mass is 9.88. The summed E-state index contributed by atoms with van der Waals surface area (Å²) in [6, 6.07) is 4.09. The minimum absolute atomic E-state index is 0.0156. The Labute approximate surface area is 90.1 Å². The van der Waals surface area contributed by atoms with Gasteiger partial charge in [0.1, 0.15) is 5.82 Å². The van der Waals surface area contributed by atoms with Crippen LogP contribution < -0.4 is 4.90 Å². The summed E-state index contributed by atoms with van der Waals surface area (Å²) in [5.41, 5.74) is 2.14. The first-order chi connectivity index (χ1) is 6.92. The Hall–Kier alpha value is -1.38. The average molecular weight is 204 g/mol. The number of anilines is 1. The molecule has 3 heteroatoms. The van der Waals surface area contributed by atoms with E-state index in [1.165, 1.54) is 5.56 Å². The van der Waals surface area contributed by atoms with Crippen LogP contribution >= 0.6 is 0 Å². The van der Waals surface area contributed by atoms with Crippen LogP contribution in [-0.2, 0) is 10.2 Å². The summed E-state index contributed by atoms with van der Waals surface area (Å²) < 4.78 is 0. The van der Waals surface area contributed by atoms with Crippen LogP contribution in [0, 0.1) is 6.92 Å². The molecule has 0 N–H and O–H groups in total. The molecule has 0 fully saturated rings. The van der Waals surface area contributed by atoms with Gasteiger partial charge in [0.15, 0.2) is 0 Å². The van der Waals surface area contributed by atoms with Crippen molar-refractivity contribution in [1.29, 1.82) is 0 Å². The van der Waals surface area contributed by atoms with E-state index in [2.05, 4.69) is 24.9 Å². The third-order valence-corrected chi connectivity index (χ3v) is 2.93. The Balaban J connectivity index is 2.58. The number of rotatable bonds is 0.